The third kappa shape index (κ3) is 2.78. The van der Waals surface area contributed by atoms with E-state index in [9.17, 15) is 0 Å². The number of hydrogen-bond acceptors (Lipinski definition) is 0. The summed E-state index contributed by atoms with van der Waals surface area (Å²) < 4.78 is 4.99. The quantitative estimate of drug-likeness (QED) is 0.188. The fourth-order valence-electron chi connectivity index (χ4n) is 8.69. The molecule has 0 spiro atoms. The van der Waals surface area contributed by atoms with Crippen LogP contribution in [0.1, 0.15) is 49.9 Å². The summed E-state index contributed by atoms with van der Waals surface area (Å²) in [4.78, 5) is 0. The Morgan fingerprint density at radius 2 is 0.795 bits per heavy atom. The Hall–Kier alpha value is -5.08. The van der Waals surface area contributed by atoms with Crippen molar-refractivity contribution in [1.29, 1.82) is 0 Å². The average Bonchev–Trinajstić information content (AvgIpc) is 3.56. The van der Waals surface area contributed by atoms with E-state index >= 15 is 0 Å². The Morgan fingerprint density at radius 1 is 0.386 bits per heavy atom. The monoisotopic (exact) mass is 564 g/mol. The molecule has 2 aliphatic heterocycles. The van der Waals surface area contributed by atoms with Crippen LogP contribution in [-0.4, -0.2) is 9.13 Å². The standard InChI is InChI=1S/C42H32N2/c1-41(2)31-13-5-7-17-37(31)43-35-21-19-25(23-29(35)27-11-9-15-33(41)39(27)43)26-20-22-36-30(24-26)28-12-10-16-34-40(28)44(36)38-18-8-6-14-32(38)42(34,3)4/h5-24H,1-4H3. The van der Waals surface area contributed by atoms with Gasteiger partial charge in [-0.25, -0.2) is 0 Å². The normalized spacial score (nSPS) is 15.6. The minimum atomic E-state index is -0.0572. The molecule has 10 rings (SSSR count). The third-order valence-corrected chi connectivity index (χ3v) is 10.9. The van der Waals surface area contributed by atoms with Crippen LogP contribution in [0.25, 0.3) is 66.1 Å². The van der Waals surface area contributed by atoms with Crippen molar-refractivity contribution in [2.45, 2.75) is 38.5 Å². The van der Waals surface area contributed by atoms with Gasteiger partial charge < -0.3 is 9.13 Å². The maximum atomic E-state index is 2.50. The first-order chi connectivity index (χ1) is 21.4. The van der Waals surface area contributed by atoms with Gasteiger partial charge in [-0.2, -0.15) is 0 Å². The van der Waals surface area contributed by atoms with Gasteiger partial charge in [-0.3, -0.25) is 0 Å². The van der Waals surface area contributed by atoms with E-state index in [1.807, 2.05) is 0 Å². The summed E-state index contributed by atoms with van der Waals surface area (Å²) in [6.07, 6.45) is 0. The highest BCUT2D eigenvalue weighted by Gasteiger charge is 2.36. The Labute approximate surface area is 256 Å². The number of benzene rings is 6. The SMILES string of the molecule is CC1(C)c2ccccc2-n2c3ccc(-c4ccc5c(c4)c4cccc6c4n5-c4ccccc4C6(C)C)cc3c3cccc1c32. The molecule has 2 aliphatic rings. The van der Waals surface area contributed by atoms with E-state index in [1.165, 1.54) is 88.4 Å². The molecular formula is C42H32N2. The molecular weight excluding hydrogens is 532 g/mol. The molecule has 6 aromatic carbocycles. The predicted molar refractivity (Wildman–Crippen MR) is 185 cm³/mol. The van der Waals surface area contributed by atoms with Gasteiger partial charge in [0.2, 0.25) is 0 Å². The van der Waals surface area contributed by atoms with Gasteiger partial charge in [0, 0.05) is 32.4 Å². The molecule has 0 saturated heterocycles. The lowest BCUT2D eigenvalue weighted by Gasteiger charge is -2.34. The van der Waals surface area contributed by atoms with Crippen molar-refractivity contribution in [1.82, 2.24) is 9.13 Å². The van der Waals surface area contributed by atoms with Crippen LogP contribution in [0, 0.1) is 0 Å². The van der Waals surface area contributed by atoms with Gasteiger partial charge in [-0.1, -0.05) is 113 Å². The molecule has 2 aromatic heterocycles. The van der Waals surface area contributed by atoms with E-state index in [-0.39, 0.29) is 10.8 Å². The zero-order valence-corrected chi connectivity index (χ0v) is 25.4. The number of hydrogen-bond donors (Lipinski definition) is 0. The molecule has 2 heteroatoms. The lowest BCUT2D eigenvalue weighted by molar-refractivity contribution is 0.630. The summed E-state index contributed by atoms with van der Waals surface area (Å²) in [6.45, 7) is 9.45. The van der Waals surface area contributed by atoms with Gasteiger partial charge in [0.05, 0.1) is 33.4 Å². The third-order valence-electron chi connectivity index (χ3n) is 10.9. The Bertz CT molecular complexity index is 2370. The lowest BCUT2D eigenvalue weighted by atomic mass is 9.75. The van der Waals surface area contributed by atoms with Crippen molar-refractivity contribution < 1.29 is 0 Å². The largest absolute Gasteiger partial charge is 0.309 e. The van der Waals surface area contributed by atoms with Crippen LogP contribution in [-0.2, 0) is 10.8 Å². The number of aromatic nitrogens is 2. The molecule has 210 valence electrons. The van der Waals surface area contributed by atoms with Gasteiger partial charge in [0.1, 0.15) is 0 Å². The average molecular weight is 565 g/mol. The van der Waals surface area contributed by atoms with Crippen LogP contribution in [0.5, 0.6) is 0 Å². The molecule has 0 aliphatic carbocycles. The Kier molecular flexibility index (Phi) is 4.37. The first-order valence-electron chi connectivity index (χ1n) is 15.7. The van der Waals surface area contributed by atoms with Crippen LogP contribution in [0.15, 0.2) is 121 Å². The second-order valence-electron chi connectivity index (χ2n) is 13.8. The fraction of sp³-hybridized carbons (Fsp3) is 0.143. The molecule has 0 atom stereocenters. The summed E-state index contributed by atoms with van der Waals surface area (Å²) in [5.41, 5.74) is 15.7. The van der Waals surface area contributed by atoms with E-state index in [0.717, 1.165) is 0 Å². The molecule has 44 heavy (non-hydrogen) atoms. The number of fused-ring (bicyclic) bond motifs is 10. The Balaban J connectivity index is 1.24. The van der Waals surface area contributed by atoms with Gasteiger partial charge in [0.25, 0.3) is 0 Å². The van der Waals surface area contributed by atoms with Crippen molar-refractivity contribution in [2.75, 3.05) is 0 Å². The highest BCUT2D eigenvalue weighted by atomic mass is 15.0. The van der Waals surface area contributed by atoms with Gasteiger partial charge in [0.15, 0.2) is 0 Å². The number of para-hydroxylation sites is 4. The topological polar surface area (TPSA) is 9.86 Å². The molecule has 4 heterocycles. The van der Waals surface area contributed by atoms with E-state index in [4.69, 9.17) is 0 Å². The first-order valence-corrected chi connectivity index (χ1v) is 15.7. The highest BCUT2D eigenvalue weighted by molar-refractivity contribution is 6.14. The van der Waals surface area contributed by atoms with Crippen LogP contribution in [0.3, 0.4) is 0 Å². The highest BCUT2D eigenvalue weighted by Crippen LogP contribution is 2.49. The zero-order valence-electron chi connectivity index (χ0n) is 25.4. The van der Waals surface area contributed by atoms with Gasteiger partial charge >= 0.3 is 0 Å². The van der Waals surface area contributed by atoms with Crippen LogP contribution in [0.2, 0.25) is 0 Å². The number of nitrogens with zero attached hydrogens (tertiary/aromatic N) is 2. The molecule has 0 saturated carbocycles. The van der Waals surface area contributed by atoms with Gasteiger partial charge in [-0.15, -0.1) is 0 Å². The summed E-state index contributed by atoms with van der Waals surface area (Å²) in [6, 6.07) is 45.7. The summed E-state index contributed by atoms with van der Waals surface area (Å²) in [5.74, 6) is 0. The van der Waals surface area contributed by atoms with E-state index < -0.39 is 0 Å². The van der Waals surface area contributed by atoms with Crippen molar-refractivity contribution in [3.8, 4) is 22.5 Å². The van der Waals surface area contributed by atoms with Crippen molar-refractivity contribution in [2.24, 2.45) is 0 Å². The summed E-state index contributed by atoms with van der Waals surface area (Å²) in [5, 5.41) is 5.28. The Morgan fingerprint density at radius 3 is 1.25 bits per heavy atom. The molecule has 8 aromatic rings. The van der Waals surface area contributed by atoms with Gasteiger partial charge in [-0.05, 0) is 69.8 Å². The van der Waals surface area contributed by atoms with Crippen molar-refractivity contribution in [3.05, 3.63) is 144 Å². The summed E-state index contributed by atoms with van der Waals surface area (Å²) >= 11 is 0. The minimum absolute atomic E-state index is 0.0572. The van der Waals surface area contributed by atoms with Crippen LogP contribution in [0.4, 0.5) is 0 Å². The molecule has 0 bridgehead atoms. The van der Waals surface area contributed by atoms with E-state index in [2.05, 4.69) is 158 Å². The van der Waals surface area contributed by atoms with Crippen LogP contribution >= 0.6 is 0 Å². The number of rotatable bonds is 1. The van der Waals surface area contributed by atoms with E-state index in [1.54, 1.807) is 0 Å². The summed E-state index contributed by atoms with van der Waals surface area (Å²) in [7, 11) is 0. The lowest BCUT2D eigenvalue weighted by Crippen LogP contribution is -2.26. The maximum Gasteiger partial charge on any atom is 0.0582 e. The zero-order chi connectivity index (χ0) is 29.5. The second-order valence-corrected chi connectivity index (χ2v) is 13.8. The molecule has 0 N–H and O–H groups in total. The van der Waals surface area contributed by atoms with Crippen molar-refractivity contribution >= 4 is 43.6 Å². The molecule has 2 nitrogen and oxygen atoms in total. The van der Waals surface area contributed by atoms with Crippen LogP contribution < -0.4 is 0 Å². The van der Waals surface area contributed by atoms with Crippen molar-refractivity contribution in [3.63, 3.8) is 0 Å². The molecule has 0 unspecified atom stereocenters. The maximum absolute atomic E-state index is 2.50. The second kappa shape index (κ2) is 7.89. The van der Waals surface area contributed by atoms with E-state index in [0.29, 0.717) is 0 Å². The molecule has 0 amide bonds. The minimum Gasteiger partial charge on any atom is -0.309 e. The first kappa shape index (κ1) is 24.4. The molecule has 0 fully saturated rings. The smallest absolute Gasteiger partial charge is 0.0582 e. The predicted octanol–water partition coefficient (Wildman–Crippen LogP) is 10.8. The fourth-order valence-corrected chi connectivity index (χ4v) is 8.69. The molecule has 0 radical (unpaired) electrons.